The van der Waals surface area contributed by atoms with Gasteiger partial charge in [-0.2, -0.15) is 0 Å². The molecule has 0 spiro atoms. The van der Waals surface area contributed by atoms with E-state index in [4.69, 9.17) is 16.3 Å². The summed E-state index contributed by atoms with van der Waals surface area (Å²) < 4.78 is 5.63. The molecule has 0 bridgehead atoms. The second kappa shape index (κ2) is 7.09. The van der Waals surface area contributed by atoms with Crippen molar-refractivity contribution >= 4 is 17.5 Å². The van der Waals surface area contributed by atoms with Crippen LogP contribution in [0.5, 0.6) is 5.75 Å². The molecule has 1 amide bonds. The van der Waals surface area contributed by atoms with Crippen LogP contribution in [0.25, 0.3) is 0 Å². The van der Waals surface area contributed by atoms with Gasteiger partial charge in [0.05, 0.1) is 25.5 Å². The lowest BCUT2D eigenvalue weighted by atomic mass is 10.1. The molecule has 0 aliphatic heterocycles. The average molecular weight is 313 g/mol. The van der Waals surface area contributed by atoms with Gasteiger partial charge in [0.25, 0.3) is 5.91 Å². The number of rotatable bonds is 7. The van der Waals surface area contributed by atoms with Crippen LogP contribution in [0.4, 0.5) is 0 Å². The molecule has 1 aromatic heterocycles. The maximum Gasteiger partial charge on any atom is 0.270 e. The molecule has 0 radical (unpaired) electrons. The Kier molecular flexibility index (Phi) is 5.42. The molecule has 0 unspecified atom stereocenters. The van der Waals surface area contributed by atoms with E-state index in [1.165, 1.54) is 19.0 Å². The van der Waals surface area contributed by atoms with Gasteiger partial charge in [0.1, 0.15) is 16.5 Å². The third-order valence-electron chi connectivity index (χ3n) is 3.54. The van der Waals surface area contributed by atoms with E-state index in [1.54, 1.807) is 6.07 Å². The lowest BCUT2D eigenvalue weighted by Gasteiger charge is -2.19. The largest absolute Gasteiger partial charge is 0.492 e. The predicted molar refractivity (Wildman–Crippen MR) is 80.6 cm³/mol. The molecule has 21 heavy (non-hydrogen) atoms. The summed E-state index contributed by atoms with van der Waals surface area (Å²) in [5.74, 6) is 0.882. The number of carbonyl (C=O) groups excluding carboxylic acids is 1. The van der Waals surface area contributed by atoms with E-state index in [2.05, 4.69) is 10.3 Å². The van der Waals surface area contributed by atoms with Gasteiger partial charge >= 0.3 is 0 Å². The summed E-state index contributed by atoms with van der Waals surface area (Å²) in [6.07, 6.45) is 3.78. The number of carbonyl (C=O) groups is 1. The van der Waals surface area contributed by atoms with Crippen LogP contribution in [0.15, 0.2) is 12.3 Å². The smallest absolute Gasteiger partial charge is 0.270 e. The Morgan fingerprint density at radius 3 is 2.86 bits per heavy atom. The van der Waals surface area contributed by atoms with E-state index in [0.29, 0.717) is 23.3 Å². The second-order valence-corrected chi connectivity index (χ2v) is 6.17. The van der Waals surface area contributed by atoms with E-state index in [-0.39, 0.29) is 30.2 Å². The first-order chi connectivity index (χ1) is 10.0. The van der Waals surface area contributed by atoms with Crippen molar-refractivity contribution in [2.75, 3.05) is 13.2 Å². The van der Waals surface area contributed by atoms with Crippen molar-refractivity contribution < 1.29 is 14.6 Å². The van der Waals surface area contributed by atoms with Gasteiger partial charge in [0, 0.05) is 6.07 Å². The Balaban J connectivity index is 2.03. The molecule has 5 nitrogen and oxygen atoms in total. The number of hydrogen-bond acceptors (Lipinski definition) is 4. The SMILES string of the molecule is CC(C)[C@H](CO)NC(=O)c1cc(OCC2CC2)c(Cl)cn1. The fourth-order valence-electron chi connectivity index (χ4n) is 1.81. The zero-order chi connectivity index (χ0) is 15.4. The van der Waals surface area contributed by atoms with Crippen LogP contribution in [0.3, 0.4) is 0 Å². The molecular weight excluding hydrogens is 292 g/mol. The summed E-state index contributed by atoms with van der Waals surface area (Å²) in [6.45, 7) is 4.37. The summed E-state index contributed by atoms with van der Waals surface area (Å²) in [5.41, 5.74) is 0.240. The second-order valence-electron chi connectivity index (χ2n) is 5.76. The third-order valence-corrected chi connectivity index (χ3v) is 3.83. The van der Waals surface area contributed by atoms with Gasteiger partial charge < -0.3 is 15.2 Å². The fraction of sp³-hybridized carbons (Fsp3) is 0.600. The number of ether oxygens (including phenoxy) is 1. The van der Waals surface area contributed by atoms with Crippen molar-refractivity contribution in [3.8, 4) is 5.75 Å². The monoisotopic (exact) mass is 312 g/mol. The molecule has 1 aliphatic rings. The molecule has 1 saturated carbocycles. The highest BCUT2D eigenvalue weighted by Crippen LogP contribution is 2.31. The van der Waals surface area contributed by atoms with E-state index in [1.807, 2.05) is 13.8 Å². The van der Waals surface area contributed by atoms with Crippen LogP contribution in [0.2, 0.25) is 5.02 Å². The summed E-state index contributed by atoms with van der Waals surface area (Å²) in [7, 11) is 0. The van der Waals surface area contributed by atoms with Crippen molar-refractivity contribution in [3.63, 3.8) is 0 Å². The Hall–Kier alpha value is -1.33. The Morgan fingerprint density at radius 1 is 1.57 bits per heavy atom. The zero-order valence-electron chi connectivity index (χ0n) is 12.3. The maximum absolute atomic E-state index is 12.1. The van der Waals surface area contributed by atoms with Gasteiger partial charge in [0.15, 0.2) is 0 Å². The first-order valence-corrected chi connectivity index (χ1v) is 7.59. The van der Waals surface area contributed by atoms with Crippen LogP contribution in [-0.2, 0) is 0 Å². The summed E-state index contributed by atoms with van der Waals surface area (Å²) in [6, 6.07) is 1.25. The summed E-state index contributed by atoms with van der Waals surface area (Å²) >= 11 is 6.03. The number of nitrogens with zero attached hydrogens (tertiary/aromatic N) is 1. The first-order valence-electron chi connectivity index (χ1n) is 7.21. The number of nitrogens with one attached hydrogen (secondary N) is 1. The van der Waals surface area contributed by atoms with Crippen LogP contribution in [-0.4, -0.2) is 35.3 Å². The van der Waals surface area contributed by atoms with Crippen molar-refractivity contribution in [3.05, 3.63) is 23.0 Å². The lowest BCUT2D eigenvalue weighted by Crippen LogP contribution is -2.41. The molecule has 116 valence electrons. The third kappa shape index (κ3) is 4.58. The van der Waals surface area contributed by atoms with Gasteiger partial charge in [0.2, 0.25) is 0 Å². The topological polar surface area (TPSA) is 71.5 Å². The number of aromatic nitrogens is 1. The average Bonchev–Trinajstić information content (AvgIpc) is 3.27. The van der Waals surface area contributed by atoms with Crippen molar-refractivity contribution in [1.82, 2.24) is 10.3 Å². The lowest BCUT2D eigenvalue weighted by molar-refractivity contribution is 0.0891. The van der Waals surface area contributed by atoms with Gasteiger partial charge in [-0.25, -0.2) is 4.98 Å². The van der Waals surface area contributed by atoms with Gasteiger partial charge in [-0.1, -0.05) is 25.4 Å². The molecule has 2 rings (SSSR count). The normalized spacial score (nSPS) is 15.9. The quantitative estimate of drug-likeness (QED) is 0.810. The Morgan fingerprint density at radius 2 is 2.29 bits per heavy atom. The number of amides is 1. The standard InChI is InChI=1S/C15H21ClN2O3/c1-9(2)13(7-19)18-15(20)12-5-14(11(16)6-17-12)21-8-10-3-4-10/h5-6,9-10,13,19H,3-4,7-8H2,1-2H3,(H,18,20)/t13-/m0/s1. The van der Waals surface area contributed by atoms with Crippen LogP contribution in [0, 0.1) is 11.8 Å². The maximum atomic E-state index is 12.1. The van der Waals surface area contributed by atoms with Crippen LogP contribution in [0.1, 0.15) is 37.2 Å². The van der Waals surface area contributed by atoms with E-state index in [9.17, 15) is 9.90 Å². The number of pyridine rings is 1. The van der Waals surface area contributed by atoms with Crippen molar-refractivity contribution in [2.45, 2.75) is 32.7 Å². The first kappa shape index (κ1) is 16.0. The molecule has 1 atom stereocenters. The van der Waals surface area contributed by atoms with Gasteiger partial charge in [-0.05, 0) is 24.7 Å². The molecule has 1 heterocycles. The molecule has 1 aliphatic carbocycles. The number of aliphatic hydroxyl groups excluding tert-OH is 1. The molecule has 1 aromatic rings. The van der Waals surface area contributed by atoms with E-state index >= 15 is 0 Å². The Labute approximate surface area is 129 Å². The zero-order valence-corrected chi connectivity index (χ0v) is 13.1. The van der Waals surface area contributed by atoms with Gasteiger partial charge in [-0.15, -0.1) is 0 Å². The summed E-state index contributed by atoms with van der Waals surface area (Å²) in [5, 5.41) is 12.4. The molecule has 6 heteroatoms. The van der Waals surface area contributed by atoms with E-state index < -0.39 is 0 Å². The predicted octanol–water partition coefficient (Wildman–Crippen LogP) is 2.27. The highest BCUT2D eigenvalue weighted by atomic mass is 35.5. The van der Waals surface area contributed by atoms with Crippen LogP contribution >= 0.6 is 11.6 Å². The number of aliphatic hydroxyl groups is 1. The molecule has 0 aromatic carbocycles. The van der Waals surface area contributed by atoms with Crippen LogP contribution < -0.4 is 10.1 Å². The highest BCUT2D eigenvalue weighted by molar-refractivity contribution is 6.32. The molecular formula is C15H21ClN2O3. The van der Waals surface area contributed by atoms with E-state index in [0.717, 1.165) is 0 Å². The minimum Gasteiger partial charge on any atom is -0.492 e. The fourth-order valence-corrected chi connectivity index (χ4v) is 1.97. The molecule has 1 fully saturated rings. The van der Waals surface area contributed by atoms with Crippen molar-refractivity contribution in [2.24, 2.45) is 11.8 Å². The minimum atomic E-state index is -0.337. The number of halogens is 1. The highest BCUT2D eigenvalue weighted by Gasteiger charge is 2.23. The Bertz CT molecular complexity index is 504. The van der Waals surface area contributed by atoms with Gasteiger partial charge in [-0.3, -0.25) is 4.79 Å². The van der Waals surface area contributed by atoms with Crippen molar-refractivity contribution in [1.29, 1.82) is 0 Å². The molecule has 2 N–H and O–H groups in total. The minimum absolute atomic E-state index is 0.109. The molecule has 0 saturated heterocycles. The summed E-state index contributed by atoms with van der Waals surface area (Å²) in [4.78, 5) is 16.2. The number of hydrogen-bond donors (Lipinski definition) is 2.